The molecule has 6 rings (SSSR count). The van der Waals surface area contributed by atoms with Crippen molar-refractivity contribution in [3.05, 3.63) is 60.3 Å². The number of benzene rings is 2. The second-order valence-corrected chi connectivity index (χ2v) is 11.4. The highest BCUT2D eigenvalue weighted by molar-refractivity contribution is 7.89. The van der Waals surface area contributed by atoms with Crippen molar-refractivity contribution in [2.24, 2.45) is 0 Å². The van der Waals surface area contributed by atoms with Crippen LogP contribution < -0.4 is 4.74 Å². The number of nitrogens with zero attached hydrogens (tertiary/aromatic N) is 4. The largest absolute Gasteiger partial charge is 0.497 e. The molecule has 4 heterocycles. The summed E-state index contributed by atoms with van der Waals surface area (Å²) < 4.78 is 37.9. The Bertz CT molecular complexity index is 1500. The third kappa shape index (κ3) is 3.85. The van der Waals surface area contributed by atoms with E-state index in [0.29, 0.717) is 18.0 Å². The topological polar surface area (TPSA) is 68.8 Å². The minimum Gasteiger partial charge on any atom is -0.497 e. The number of sulfonamides is 1. The van der Waals surface area contributed by atoms with Gasteiger partial charge >= 0.3 is 0 Å². The zero-order valence-corrected chi connectivity index (χ0v) is 20.8. The van der Waals surface area contributed by atoms with Gasteiger partial charge in [-0.25, -0.2) is 12.9 Å². The molecule has 8 heteroatoms. The van der Waals surface area contributed by atoms with Crippen LogP contribution in [0.4, 0.5) is 0 Å². The van der Waals surface area contributed by atoms with Crippen LogP contribution >= 0.6 is 0 Å². The van der Waals surface area contributed by atoms with Crippen molar-refractivity contribution in [2.45, 2.75) is 50.0 Å². The molecule has 0 spiro atoms. The lowest BCUT2D eigenvalue weighted by Crippen LogP contribution is -2.35. The molecule has 0 atom stereocenters. The Morgan fingerprint density at radius 1 is 0.886 bits per heavy atom. The average Bonchev–Trinajstić information content (AvgIpc) is 3.34. The quantitative estimate of drug-likeness (QED) is 0.395. The normalized spacial score (nSPS) is 16.9. The van der Waals surface area contributed by atoms with Gasteiger partial charge < -0.3 is 9.30 Å². The van der Waals surface area contributed by atoms with Crippen molar-refractivity contribution < 1.29 is 13.2 Å². The molecule has 1 fully saturated rings. The number of hydrogen-bond acceptors (Lipinski definition) is 4. The molecule has 2 aromatic carbocycles. The standard InChI is InChI=1S/C27H30N4O3S/c1-34-22-11-7-9-20(17-22)25-19-31-27-24(25)13-3-6-16-30(27)26(28-31)21-10-8-12-23(18-21)35(32,33)29-14-4-2-5-15-29/h7-12,17-19H,2-6,13-16H2,1H3. The van der Waals surface area contributed by atoms with Gasteiger partial charge in [0.25, 0.3) is 0 Å². The van der Waals surface area contributed by atoms with Crippen molar-refractivity contribution in [1.29, 1.82) is 0 Å². The van der Waals surface area contributed by atoms with E-state index in [-0.39, 0.29) is 0 Å². The van der Waals surface area contributed by atoms with Crippen LogP contribution in [0, 0.1) is 0 Å². The molecular formula is C27H30N4O3S. The fourth-order valence-corrected chi connectivity index (χ4v) is 7.04. The zero-order chi connectivity index (χ0) is 24.0. The maximum absolute atomic E-state index is 13.3. The first-order chi connectivity index (χ1) is 17.1. The van der Waals surface area contributed by atoms with Crippen molar-refractivity contribution in [3.8, 4) is 28.3 Å². The number of methoxy groups -OCH3 is 1. The summed E-state index contributed by atoms with van der Waals surface area (Å²) in [7, 11) is -1.82. The number of rotatable bonds is 5. The summed E-state index contributed by atoms with van der Waals surface area (Å²) in [5.74, 6) is 1.65. The van der Waals surface area contributed by atoms with E-state index in [9.17, 15) is 8.42 Å². The number of aromatic nitrogens is 3. The van der Waals surface area contributed by atoms with Gasteiger partial charge in [-0.15, -0.1) is 5.10 Å². The summed E-state index contributed by atoms with van der Waals surface area (Å²) in [4.78, 5) is 0.350. The number of hydrogen-bond donors (Lipinski definition) is 0. The van der Waals surface area contributed by atoms with Gasteiger partial charge in [-0.1, -0.05) is 30.7 Å². The molecule has 0 aliphatic carbocycles. The molecule has 2 aromatic heterocycles. The second kappa shape index (κ2) is 8.84. The van der Waals surface area contributed by atoms with Crippen molar-refractivity contribution in [3.63, 3.8) is 0 Å². The SMILES string of the molecule is COc1cccc(-c2cn3nc(-c4cccc(S(=O)(=O)N5CCCCC5)c4)n4c3c2CCCC4)c1. The fraction of sp³-hybridized carbons (Fsp3) is 0.370. The van der Waals surface area contributed by atoms with E-state index in [0.717, 1.165) is 73.4 Å². The van der Waals surface area contributed by atoms with Gasteiger partial charge in [0.2, 0.25) is 10.0 Å². The van der Waals surface area contributed by atoms with Crippen LogP contribution in [0.3, 0.4) is 0 Å². The van der Waals surface area contributed by atoms with E-state index < -0.39 is 10.0 Å². The molecule has 2 aliphatic heterocycles. The van der Waals surface area contributed by atoms with Gasteiger partial charge in [-0.05, 0) is 61.9 Å². The van der Waals surface area contributed by atoms with Gasteiger partial charge in [-0.2, -0.15) is 4.31 Å². The Morgan fingerprint density at radius 3 is 2.49 bits per heavy atom. The van der Waals surface area contributed by atoms with Gasteiger partial charge in [0.05, 0.1) is 12.0 Å². The van der Waals surface area contributed by atoms with Crippen molar-refractivity contribution in [2.75, 3.05) is 20.2 Å². The molecule has 0 amide bonds. The van der Waals surface area contributed by atoms with Crippen LogP contribution in [0.1, 0.15) is 37.7 Å². The third-order valence-corrected chi connectivity index (χ3v) is 9.16. The molecule has 0 radical (unpaired) electrons. The summed E-state index contributed by atoms with van der Waals surface area (Å²) in [6.07, 6.45) is 8.17. The average molecular weight is 491 g/mol. The highest BCUT2D eigenvalue weighted by atomic mass is 32.2. The Labute approximate surface area is 206 Å². The third-order valence-electron chi connectivity index (χ3n) is 7.26. The number of piperidine rings is 1. The molecule has 1 saturated heterocycles. The summed E-state index contributed by atoms with van der Waals surface area (Å²) in [5, 5.41) is 4.96. The maximum atomic E-state index is 13.3. The first-order valence-corrected chi connectivity index (χ1v) is 13.9. The molecular weight excluding hydrogens is 460 g/mol. The first kappa shape index (κ1) is 22.4. The van der Waals surface area contributed by atoms with Gasteiger partial charge in [0.15, 0.2) is 5.82 Å². The molecule has 4 aromatic rings. The second-order valence-electron chi connectivity index (χ2n) is 9.45. The highest BCUT2D eigenvalue weighted by Gasteiger charge is 2.28. The predicted molar refractivity (Wildman–Crippen MR) is 136 cm³/mol. The zero-order valence-electron chi connectivity index (χ0n) is 20.0. The highest BCUT2D eigenvalue weighted by Crippen LogP contribution is 2.36. The lowest BCUT2D eigenvalue weighted by atomic mass is 10.0. The molecule has 7 nitrogen and oxygen atoms in total. The van der Waals surface area contributed by atoms with E-state index in [1.807, 2.05) is 28.8 Å². The summed E-state index contributed by atoms with van der Waals surface area (Å²) in [5.41, 5.74) is 5.51. The molecule has 182 valence electrons. The van der Waals surface area contributed by atoms with Gasteiger partial charge in [0.1, 0.15) is 11.4 Å². The Kier molecular flexibility index (Phi) is 5.65. The van der Waals surface area contributed by atoms with Crippen LogP contribution in [-0.2, 0) is 23.0 Å². The smallest absolute Gasteiger partial charge is 0.243 e. The first-order valence-electron chi connectivity index (χ1n) is 12.4. The van der Waals surface area contributed by atoms with Gasteiger partial charge in [-0.3, -0.25) is 0 Å². The monoisotopic (exact) mass is 490 g/mol. The van der Waals surface area contributed by atoms with Crippen molar-refractivity contribution in [1.82, 2.24) is 18.5 Å². The molecule has 35 heavy (non-hydrogen) atoms. The Hall–Kier alpha value is -3.10. The summed E-state index contributed by atoms with van der Waals surface area (Å²) in [6.45, 7) is 2.06. The summed E-state index contributed by atoms with van der Waals surface area (Å²) >= 11 is 0. The molecule has 0 unspecified atom stereocenters. The van der Waals surface area contributed by atoms with Crippen LogP contribution in [0.15, 0.2) is 59.6 Å². The van der Waals surface area contributed by atoms with E-state index in [2.05, 4.69) is 22.9 Å². The Balaban J connectivity index is 1.45. The molecule has 0 saturated carbocycles. The molecule has 2 aliphatic rings. The number of aryl methyl sites for hydroxylation is 2. The maximum Gasteiger partial charge on any atom is 0.243 e. The minimum absolute atomic E-state index is 0.350. The van der Waals surface area contributed by atoms with E-state index in [1.165, 1.54) is 11.1 Å². The fourth-order valence-electron chi connectivity index (χ4n) is 5.47. The van der Waals surface area contributed by atoms with E-state index >= 15 is 0 Å². The Morgan fingerprint density at radius 2 is 1.66 bits per heavy atom. The summed E-state index contributed by atoms with van der Waals surface area (Å²) in [6, 6.07) is 15.5. The van der Waals surface area contributed by atoms with E-state index in [1.54, 1.807) is 23.5 Å². The number of ether oxygens (including phenoxy) is 1. The van der Waals surface area contributed by atoms with Crippen LogP contribution in [0.5, 0.6) is 5.75 Å². The lowest BCUT2D eigenvalue weighted by molar-refractivity contribution is 0.346. The van der Waals surface area contributed by atoms with Crippen LogP contribution in [-0.4, -0.2) is 47.1 Å². The molecule has 0 bridgehead atoms. The van der Waals surface area contributed by atoms with Crippen LogP contribution in [0.25, 0.3) is 28.2 Å². The van der Waals surface area contributed by atoms with Crippen LogP contribution in [0.2, 0.25) is 0 Å². The lowest BCUT2D eigenvalue weighted by Gasteiger charge is -2.26. The van der Waals surface area contributed by atoms with Crippen molar-refractivity contribution >= 4 is 15.7 Å². The van der Waals surface area contributed by atoms with Gasteiger partial charge in [0, 0.05) is 42.5 Å². The predicted octanol–water partition coefficient (Wildman–Crippen LogP) is 4.99. The molecule has 0 N–H and O–H groups in total. The van der Waals surface area contributed by atoms with E-state index in [4.69, 9.17) is 9.84 Å². The minimum atomic E-state index is -3.50.